The molecular weight excluding hydrogens is 387 g/mol. The van der Waals surface area contributed by atoms with Crippen molar-refractivity contribution in [2.24, 2.45) is 11.3 Å². The van der Waals surface area contributed by atoms with Gasteiger partial charge in [0.2, 0.25) is 0 Å². The lowest BCUT2D eigenvalue weighted by atomic mass is 9.83. The zero-order valence-corrected chi connectivity index (χ0v) is 16.3. The number of aryl methyl sites for hydroxylation is 1. The molecule has 0 saturated heterocycles. The Morgan fingerprint density at radius 3 is 2.26 bits per heavy atom. The van der Waals surface area contributed by atoms with Crippen molar-refractivity contribution in [1.82, 2.24) is 0 Å². The SMILES string of the molecule is Cc1cc(Br)c(C(Cl)CC(C)CC(C)(C)C)cc1Br. The molecule has 0 aliphatic carbocycles. The number of rotatable bonds is 4. The Morgan fingerprint density at radius 2 is 1.74 bits per heavy atom. The fraction of sp³-hybridized carbons (Fsp3) is 0.625. The van der Waals surface area contributed by atoms with Gasteiger partial charge in [0.05, 0.1) is 5.38 Å². The Morgan fingerprint density at radius 1 is 1.16 bits per heavy atom. The van der Waals surface area contributed by atoms with Crippen LogP contribution in [0.1, 0.15) is 57.0 Å². The average molecular weight is 411 g/mol. The third-order valence-corrected chi connectivity index (χ3v) is 5.14. The van der Waals surface area contributed by atoms with Crippen LogP contribution in [0.5, 0.6) is 0 Å². The van der Waals surface area contributed by atoms with Crippen LogP contribution in [0.4, 0.5) is 0 Å². The molecule has 0 aliphatic heterocycles. The van der Waals surface area contributed by atoms with E-state index in [4.69, 9.17) is 11.6 Å². The summed E-state index contributed by atoms with van der Waals surface area (Å²) in [5.41, 5.74) is 2.77. The van der Waals surface area contributed by atoms with Gasteiger partial charge in [-0.1, -0.05) is 59.6 Å². The first-order valence-electron chi connectivity index (χ1n) is 6.70. The lowest BCUT2D eigenvalue weighted by molar-refractivity contribution is 0.295. The van der Waals surface area contributed by atoms with Crippen molar-refractivity contribution in [2.45, 2.75) is 52.8 Å². The van der Waals surface area contributed by atoms with Crippen molar-refractivity contribution in [2.75, 3.05) is 0 Å². The highest BCUT2D eigenvalue weighted by molar-refractivity contribution is 9.11. The van der Waals surface area contributed by atoms with Gasteiger partial charge in [0.1, 0.15) is 0 Å². The molecule has 0 aliphatic rings. The molecule has 0 fully saturated rings. The molecule has 19 heavy (non-hydrogen) atoms. The van der Waals surface area contributed by atoms with Crippen molar-refractivity contribution in [3.63, 3.8) is 0 Å². The Hall–Kier alpha value is 0.470. The van der Waals surface area contributed by atoms with Crippen molar-refractivity contribution in [3.8, 4) is 0 Å². The van der Waals surface area contributed by atoms with Crippen molar-refractivity contribution >= 4 is 43.5 Å². The van der Waals surface area contributed by atoms with E-state index in [0.717, 1.165) is 15.4 Å². The van der Waals surface area contributed by atoms with E-state index < -0.39 is 0 Å². The molecule has 0 aromatic heterocycles. The van der Waals surface area contributed by atoms with Gasteiger partial charge in [0, 0.05) is 8.95 Å². The van der Waals surface area contributed by atoms with E-state index in [1.54, 1.807) is 0 Å². The predicted molar refractivity (Wildman–Crippen MR) is 93.0 cm³/mol. The molecule has 2 unspecified atom stereocenters. The van der Waals surface area contributed by atoms with Gasteiger partial charge in [-0.3, -0.25) is 0 Å². The minimum Gasteiger partial charge on any atom is -0.118 e. The van der Waals surface area contributed by atoms with Crippen LogP contribution >= 0.6 is 43.5 Å². The van der Waals surface area contributed by atoms with Crippen molar-refractivity contribution < 1.29 is 0 Å². The third-order valence-electron chi connectivity index (χ3n) is 3.19. The van der Waals surface area contributed by atoms with Crippen LogP contribution in [0, 0.1) is 18.3 Å². The van der Waals surface area contributed by atoms with Crippen LogP contribution in [0.2, 0.25) is 0 Å². The highest BCUT2D eigenvalue weighted by Crippen LogP contribution is 2.38. The number of benzene rings is 1. The van der Waals surface area contributed by atoms with E-state index in [-0.39, 0.29) is 5.38 Å². The van der Waals surface area contributed by atoms with Crippen LogP contribution in [0.25, 0.3) is 0 Å². The first-order chi connectivity index (χ1) is 8.60. The molecule has 0 amide bonds. The first kappa shape index (κ1) is 17.5. The molecule has 3 heteroatoms. The lowest BCUT2D eigenvalue weighted by Crippen LogP contribution is -2.12. The van der Waals surface area contributed by atoms with Crippen LogP contribution in [-0.4, -0.2) is 0 Å². The quantitative estimate of drug-likeness (QED) is 0.458. The van der Waals surface area contributed by atoms with E-state index in [1.807, 2.05) is 0 Å². The second kappa shape index (κ2) is 6.95. The monoisotopic (exact) mass is 408 g/mol. The molecule has 0 heterocycles. The van der Waals surface area contributed by atoms with Crippen LogP contribution in [0.3, 0.4) is 0 Å². The Bertz CT molecular complexity index is 435. The maximum Gasteiger partial charge on any atom is 0.0599 e. The topological polar surface area (TPSA) is 0 Å². The lowest BCUT2D eigenvalue weighted by Gasteiger charge is -2.25. The standard InChI is InChI=1S/C16H23Br2Cl/c1-10(9-16(3,4)5)6-15(19)12-8-13(17)11(2)7-14(12)18/h7-8,10,15H,6,9H2,1-5H3. The minimum atomic E-state index is 0.0589. The molecule has 0 bridgehead atoms. The Balaban J connectivity index is 2.78. The minimum absolute atomic E-state index is 0.0589. The first-order valence-corrected chi connectivity index (χ1v) is 8.72. The summed E-state index contributed by atoms with van der Waals surface area (Å²) in [7, 11) is 0. The normalized spacial score (nSPS) is 15.4. The summed E-state index contributed by atoms with van der Waals surface area (Å²) in [4.78, 5) is 0. The van der Waals surface area contributed by atoms with Crippen LogP contribution in [-0.2, 0) is 0 Å². The van der Waals surface area contributed by atoms with Crippen LogP contribution in [0.15, 0.2) is 21.1 Å². The molecule has 1 rings (SSSR count). The summed E-state index contributed by atoms with van der Waals surface area (Å²) in [5.74, 6) is 0.620. The van der Waals surface area contributed by atoms with Gasteiger partial charge in [-0.25, -0.2) is 0 Å². The van der Waals surface area contributed by atoms with Gasteiger partial charge < -0.3 is 0 Å². The second-order valence-electron chi connectivity index (χ2n) is 6.70. The molecule has 1 aromatic carbocycles. The number of halogens is 3. The van der Waals surface area contributed by atoms with Crippen molar-refractivity contribution in [1.29, 1.82) is 0 Å². The summed E-state index contributed by atoms with van der Waals surface area (Å²) in [6, 6.07) is 4.27. The molecule has 1 aromatic rings. The Kier molecular flexibility index (Phi) is 6.41. The summed E-state index contributed by atoms with van der Waals surface area (Å²) in [6.07, 6.45) is 2.20. The molecule has 2 atom stereocenters. The molecule has 0 spiro atoms. The summed E-state index contributed by atoms with van der Waals surface area (Å²) in [5, 5.41) is 0.0589. The molecule has 108 valence electrons. The number of hydrogen-bond donors (Lipinski definition) is 0. The maximum atomic E-state index is 6.61. The largest absolute Gasteiger partial charge is 0.118 e. The molecule has 0 saturated carbocycles. The van der Waals surface area contributed by atoms with Gasteiger partial charge in [0.25, 0.3) is 0 Å². The van der Waals surface area contributed by atoms with E-state index in [0.29, 0.717) is 11.3 Å². The zero-order chi connectivity index (χ0) is 14.8. The maximum absolute atomic E-state index is 6.61. The van der Waals surface area contributed by atoms with Gasteiger partial charge in [-0.2, -0.15) is 0 Å². The van der Waals surface area contributed by atoms with Gasteiger partial charge in [-0.15, -0.1) is 11.6 Å². The molecule has 0 nitrogen and oxygen atoms in total. The van der Waals surface area contributed by atoms with E-state index in [9.17, 15) is 0 Å². The molecule has 0 N–H and O–H groups in total. The smallest absolute Gasteiger partial charge is 0.0599 e. The van der Waals surface area contributed by atoms with E-state index in [2.05, 4.69) is 78.6 Å². The van der Waals surface area contributed by atoms with Gasteiger partial charge in [0.15, 0.2) is 0 Å². The fourth-order valence-electron chi connectivity index (χ4n) is 2.51. The van der Waals surface area contributed by atoms with Gasteiger partial charge >= 0.3 is 0 Å². The fourth-order valence-corrected chi connectivity index (χ4v) is 4.22. The summed E-state index contributed by atoms with van der Waals surface area (Å²) < 4.78 is 2.23. The number of alkyl halides is 1. The third kappa shape index (κ3) is 5.77. The average Bonchev–Trinajstić information content (AvgIpc) is 2.20. The highest BCUT2D eigenvalue weighted by atomic mass is 79.9. The molecule has 0 radical (unpaired) electrons. The second-order valence-corrected chi connectivity index (χ2v) is 8.93. The van der Waals surface area contributed by atoms with E-state index >= 15 is 0 Å². The predicted octanol–water partition coefficient (Wildman–Crippen LogP) is 7.26. The Labute approximate surface area is 139 Å². The summed E-state index contributed by atoms with van der Waals surface area (Å²) in [6.45, 7) is 11.2. The van der Waals surface area contributed by atoms with Crippen LogP contribution < -0.4 is 0 Å². The van der Waals surface area contributed by atoms with Gasteiger partial charge in [-0.05, 0) is 54.4 Å². The molecular formula is C16H23Br2Cl. The van der Waals surface area contributed by atoms with E-state index in [1.165, 1.54) is 17.5 Å². The van der Waals surface area contributed by atoms with Crippen molar-refractivity contribution in [3.05, 3.63) is 32.2 Å². The highest BCUT2D eigenvalue weighted by Gasteiger charge is 2.20. The number of hydrogen-bond acceptors (Lipinski definition) is 0. The summed E-state index contributed by atoms with van der Waals surface area (Å²) >= 11 is 13.8. The zero-order valence-electron chi connectivity index (χ0n) is 12.4.